The molecule has 1 heterocycles. The molecular weight excluding hydrogens is 518 g/mol. The molecule has 14 heteroatoms. The highest BCUT2D eigenvalue weighted by atomic mass is 16.4. The molecule has 0 fully saturated rings. The van der Waals surface area contributed by atoms with Crippen LogP contribution in [0.5, 0.6) is 0 Å². The third-order valence-electron chi connectivity index (χ3n) is 6.35. The molecule has 2 aromatic rings. The zero-order valence-corrected chi connectivity index (χ0v) is 22.7. The van der Waals surface area contributed by atoms with Gasteiger partial charge >= 0.3 is 5.97 Å². The molecule has 2 rings (SSSR count). The molecule has 3 amide bonds. The van der Waals surface area contributed by atoms with Gasteiger partial charge in [-0.15, -0.1) is 0 Å². The Morgan fingerprint density at radius 2 is 1.62 bits per heavy atom. The van der Waals surface area contributed by atoms with Gasteiger partial charge in [-0.1, -0.05) is 24.6 Å². The summed E-state index contributed by atoms with van der Waals surface area (Å²) in [6, 6.07) is 3.24. The Labute approximate surface area is 232 Å². The number of carboxylic acids is 1. The van der Waals surface area contributed by atoms with Crippen molar-refractivity contribution < 1.29 is 24.3 Å². The van der Waals surface area contributed by atoms with E-state index < -0.39 is 47.9 Å². The number of amides is 3. The molecule has 220 valence electrons. The maximum Gasteiger partial charge on any atom is 0.325 e. The minimum absolute atomic E-state index is 0.0706. The number of hydrogen-bond acceptors (Lipinski definition) is 7. The minimum atomic E-state index is -1.22. The number of H-pyrrole nitrogens is 1. The molecule has 1 aromatic heterocycles. The lowest BCUT2D eigenvalue weighted by atomic mass is 10.0. The van der Waals surface area contributed by atoms with E-state index in [1.807, 2.05) is 24.3 Å². The Morgan fingerprint density at radius 1 is 0.950 bits per heavy atom. The number of aliphatic imine (C=N–C) groups is 1. The normalized spacial score (nSPS) is 14.0. The Balaban J connectivity index is 2.25. The predicted octanol–water partition coefficient (Wildman–Crippen LogP) is -1.22. The minimum Gasteiger partial charge on any atom is -0.480 e. The van der Waals surface area contributed by atoms with Crippen LogP contribution in [-0.4, -0.2) is 77.0 Å². The number of guanidine groups is 1. The number of nitrogens with two attached hydrogens (primary N) is 4. The topological polar surface area (TPSA) is 257 Å². The number of fused-ring (bicyclic) bond motifs is 1. The number of aliphatic carboxylic acids is 1. The highest BCUT2D eigenvalue weighted by Gasteiger charge is 2.30. The van der Waals surface area contributed by atoms with Crippen molar-refractivity contribution in [3.05, 3.63) is 36.0 Å². The lowest BCUT2D eigenvalue weighted by Gasteiger charge is -2.25. The lowest BCUT2D eigenvalue weighted by molar-refractivity contribution is -0.141. The number of unbranched alkanes of at least 4 members (excludes halogenated alkanes) is 1. The molecular formula is C26H41N9O5. The fourth-order valence-corrected chi connectivity index (χ4v) is 4.07. The van der Waals surface area contributed by atoms with Crippen molar-refractivity contribution in [3.63, 3.8) is 0 Å². The standard InChI is InChI=1S/C26H41N9O5/c1-15(25(39)40)33-24(38)21(13-16-14-32-19-9-3-2-7-17(16)19)35-23(37)20(10-6-12-31-26(29)30)34-22(36)18(28)8-4-5-11-27/h2-3,7,9,14-15,18,20-21,32H,4-6,8,10-13,27-28H2,1H3,(H,33,38)(H,34,36)(H,35,37)(H,39,40)(H4,29,30,31). The van der Waals surface area contributed by atoms with Gasteiger partial charge in [0.05, 0.1) is 6.04 Å². The molecule has 0 saturated carbocycles. The van der Waals surface area contributed by atoms with Gasteiger partial charge in [0.15, 0.2) is 5.96 Å². The number of carbonyl (C=O) groups is 4. The van der Waals surface area contributed by atoms with Gasteiger partial charge in [-0.25, -0.2) is 0 Å². The summed E-state index contributed by atoms with van der Waals surface area (Å²) < 4.78 is 0. The van der Waals surface area contributed by atoms with Crippen LogP contribution in [0.4, 0.5) is 0 Å². The Morgan fingerprint density at radius 3 is 2.30 bits per heavy atom. The summed E-state index contributed by atoms with van der Waals surface area (Å²) in [5, 5.41) is 17.9. The number of carbonyl (C=O) groups excluding carboxylic acids is 3. The van der Waals surface area contributed by atoms with Crippen LogP contribution in [0.15, 0.2) is 35.5 Å². The highest BCUT2D eigenvalue weighted by Crippen LogP contribution is 2.19. The van der Waals surface area contributed by atoms with E-state index in [9.17, 15) is 24.3 Å². The second-order valence-corrected chi connectivity index (χ2v) is 9.59. The van der Waals surface area contributed by atoms with Gasteiger partial charge in [-0.05, 0) is 50.8 Å². The van der Waals surface area contributed by atoms with Crippen molar-refractivity contribution in [1.29, 1.82) is 0 Å². The molecule has 0 spiro atoms. The first kappa shape index (κ1) is 32.0. The van der Waals surface area contributed by atoms with E-state index in [0.717, 1.165) is 16.5 Å². The lowest BCUT2D eigenvalue weighted by Crippen LogP contribution is -2.57. The molecule has 40 heavy (non-hydrogen) atoms. The van der Waals surface area contributed by atoms with Gasteiger partial charge in [-0.3, -0.25) is 24.2 Å². The maximum atomic E-state index is 13.4. The molecule has 0 radical (unpaired) electrons. The first-order valence-corrected chi connectivity index (χ1v) is 13.2. The molecule has 1 aromatic carbocycles. The number of aromatic nitrogens is 1. The summed E-state index contributed by atoms with van der Waals surface area (Å²) in [5.74, 6) is -3.15. The van der Waals surface area contributed by atoms with Crippen molar-refractivity contribution in [3.8, 4) is 0 Å². The molecule has 0 aliphatic carbocycles. The number of carboxylic acid groups (broad SMARTS) is 1. The Hall–Kier alpha value is -4.17. The monoisotopic (exact) mass is 559 g/mol. The third kappa shape index (κ3) is 10.2. The van der Waals surface area contributed by atoms with Crippen LogP contribution in [0.3, 0.4) is 0 Å². The van der Waals surface area contributed by atoms with Gasteiger partial charge in [0, 0.05) is 30.1 Å². The van der Waals surface area contributed by atoms with E-state index in [4.69, 9.17) is 22.9 Å². The van der Waals surface area contributed by atoms with Crippen molar-refractivity contribution >= 4 is 40.6 Å². The first-order valence-electron chi connectivity index (χ1n) is 13.2. The smallest absolute Gasteiger partial charge is 0.325 e. The molecule has 4 unspecified atom stereocenters. The van der Waals surface area contributed by atoms with Crippen LogP contribution in [-0.2, 0) is 25.6 Å². The zero-order valence-electron chi connectivity index (χ0n) is 22.7. The van der Waals surface area contributed by atoms with E-state index in [-0.39, 0.29) is 25.3 Å². The highest BCUT2D eigenvalue weighted by molar-refractivity contribution is 5.94. The first-order chi connectivity index (χ1) is 19.0. The van der Waals surface area contributed by atoms with Crippen LogP contribution in [0.25, 0.3) is 10.9 Å². The number of nitrogens with zero attached hydrogens (tertiary/aromatic N) is 1. The van der Waals surface area contributed by atoms with Crippen molar-refractivity contribution in [2.75, 3.05) is 13.1 Å². The number of para-hydroxylation sites is 1. The molecule has 13 N–H and O–H groups in total. The predicted molar refractivity (Wildman–Crippen MR) is 152 cm³/mol. The molecule has 14 nitrogen and oxygen atoms in total. The van der Waals surface area contributed by atoms with Gasteiger partial charge in [0.2, 0.25) is 17.7 Å². The number of hydrogen-bond donors (Lipinski definition) is 9. The Kier molecular flexibility index (Phi) is 12.9. The van der Waals surface area contributed by atoms with Crippen LogP contribution in [0, 0.1) is 0 Å². The van der Waals surface area contributed by atoms with Crippen molar-refractivity contribution in [2.45, 2.75) is 69.6 Å². The second-order valence-electron chi connectivity index (χ2n) is 9.59. The fourth-order valence-electron chi connectivity index (χ4n) is 4.07. The number of benzene rings is 1. The van der Waals surface area contributed by atoms with E-state index in [1.54, 1.807) is 6.20 Å². The van der Waals surface area contributed by atoms with Gasteiger partial charge < -0.3 is 49.0 Å². The zero-order chi connectivity index (χ0) is 29.7. The van der Waals surface area contributed by atoms with Crippen LogP contribution in [0.1, 0.15) is 44.6 Å². The van der Waals surface area contributed by atoms with Gasteiger partial charge in [0.1, 0.15) is 18.1 Å². The quantitative estimate of drug-likeness (QED) is 0.0638. The molecule has 0 aliphatic heterocycles. The average molecular weight is 560 g/mol. The maximum absolute atomic E-state index is 13.4. The molecule has 0 aliphatic rings. The van der Waals surface area contributed by atoms with Crippen LogP contribution < -0.4 is 38.9 Å². The number of nitrogens with one attached hydrogen (secondary N) is 4. The largest absolute Gasteiger partial charge is 0.480 e. The second kappa shape index (κ2) is 16.1. The SMILES string of the molecule is CC(NC(=O)C(Cc1c[nH]c2ccccc12)NC(=O)C(CCCN=C(N)N)NC(=O)C(N)CCCCN)C(=O)O. The van der Waals surface area contributed by atoms with E-state index in [2.05, 4.69) is 25.9 Å². The van der Waals surface area contributed by atoms with Crippen molar-refractivity contribution in [2.24, 2.45) is 27.9 Å². The molecule has 4 atom stereocenters. The average Bonchev–Trinajstić information content (AvgIpc) is 3.32. The van der Waals surface area contributed by atoms with E-state index in [0.29, 0.717) is 32.2 Å². The van der Waals surface area contributed by atoms with Crippen LogP contribution >= 0.6 is 0 Å². The van der Waals surface area contributed by atoms with E-state index in [1.165, 1.54) is 6.92 Å². The number of rotatable bonds is 17. The van der Waals surface area contributed by atoms with E-state index >= 15 is 0 Å². The summed E-state index contributed by atoms with van der Waals surface area (Å²) in [6.07, 6.45) is 4.08. The van der Waals surface area contributed by atoms with Crippen molar-refractivity contribution in [1.82, 2.24) is 20.9 Å². The Bertz CT molecular complexity index is 1180. The number of aromatic amines is 1. The summed E-state index contributed by atoms with van der Waals surface area (Å²) in [6.45, 7) is 2.02. The molecule has 0 saturated heterocycles. The molecule has 0 bridgehead atoms. The summed E-state index contributed by atoms with van der Waals surface area (Å²) >= 11 is 0. The summed E-state index contributed by atoms with van der Waals surface area (Å²) in [5.41, 5.74) is 23.9. The van der Waals surface area contributed by atoms with Gasteiger partial charge in [0.25, 0.3) is 0 Å². The van der Waals surface area contributed by atoms with Crippen LogP contribution in [0.2, 0.25) is 0 Å². The third-order valence-corrected chi connectivity index (χ3v) is 6.35. The fraction of sp³-hybridized carbons (Fsp3) is 0.500. The summed E-state index contributed by atoms with van der Waals surface area (Å²) in [7, 11) is 0. The van der Waals surface area contributed by atoms with Gasteiger partial charge in [-0.2, -0.15) is 0 Å². The summed E-state index contributed by atoms with van der Waals surface area (Å²) in [4.78, 5) is 57.7.